The van der Waals surface area contributed by atoms with E-state index >= 15 is 0 Å². The number of rotatable bonds is 4. The molecular weight excluding hydrogens is 352 g/mol. The highest BCUT2D eigenvalue weighted by Crippen LogP contribution is 2.26. The number of carbonyl (C=O) groups is 1. The van der Waals surface area contributed by atoms with Gasteiger partial charge in [0.15, 0.2) is 5.69 Å². The van der Waals surface area contributed by atoms with Gasteiger partial charge in [0.2, 0.25) is 0 Å². The fourth-order valence-corrected chi connectivity index (χ4v) is 4.48. The van der Waals surface area contributed by atoms with E-state index in [1.54, 1.807) is 0 Å². The molecule has 1 saturated heterocycles. The van der Waals surface area contributed by atoms with Gasteiger partial charge in [-0.3, -0.25) is 14.4 Å². The zero-order valence-corrected chi connectivity index (χ0v) is 16.3. The summed E-state index contributed by atoms with van der Waals surface area (Å²) in [5.41, 5.74) is 5.07. The van der Waals surface area contributed by atoms with Gasteiger partial charge < -0.3 is 9.88 Å². The number of hydrogen-bond donors (Lipinski definition) is 1. The van der Waals surface area contributed by atoms with E-state index in [9.17, 15) is 4.79 Å². The summed E-state index contributed by atoms with van der Waals surface area (Å²) in [5, 5.41) is 4.71. The highest BCUT2D eigenvalue weighted by atomic mass is 16.2. The molecule has 7 heteroatoms. The van der Waals surface area contributed by atoms with Crippen LogP contribution in [0.1, 0.15) is 47.3 Å². The summed E-state index contributed by atoms with van der Waals surface area (Å²) < 4.78 is 2.02. The van der Waals surface area contributed by atoms with Crippen LogP contribution < -0.4 is 0 Å². The van der Waals surface area contributed by atoms with Crippen LogP contribution in [0.15, 0.2) is 24.3 Å². The molecule has 2 aliphatic rings. The minimum atomic E-state index is 0.103. The summed E-state index contributed by atoms with van der Waals surface area (Å²) in [4.78, 5) is 25.5. The number of benzene rings is 1. The molecule has 4 heterocycles. The third-order valence-electron chi connectivity index (χ3n) is 5.92. The first kappa shape index (κ1) is 17.4. The van der Waals surface area contributed by atoms with Crippen LogP contribution in [0.3, 0.4) is 0 Å². The molecule has 0 aliphatic carbocycles. The minimum Gasteiger partial charge on any atom is -0.341 e. The number of hydrogen-bond acceptors (Lipinski definition) is 4. The molecule has 1 N–H and O–H groups in total. The summed E-state index contributed by atoms with van der Waals surface area (Å²) in [6.07, 6.45) is 3.12. The average Bonchev–Trinajstić information content (AvgIpc) is 3.45. The van der Waals surface area contributed by atoms with Crippen molar-refractivity contribution >= 4 is 16.9 Å². The molecule has 2 aromatic heterocycles. The Morgan fingerprint density at radius 2 is 2.00 bits per heavy atom. The first-order valence-electron chi connectivity index (χ1n) is 10.3. The Hall–Kier alpha value is -2.67. The molecule has 0 unspecified atom stereocenters. The normalized spacial score (nSPS) is 17.4. The second kappa shape index (κ2) is 7.05. The molecule has 146 valence electrons. The SMILES string of the molecule is CCn1nc(C(=O)N2CCCC2)c2c1CCN(Cc1nc3ccccc3[nH]1)C2. The Balaban J connectivity index is 1.40. The number of H-pyrrole nitrogens is 1. The molecule has 1 aromatic carbocycles. The lowest BCUT2D eigenvalue weighted by Crippen LogP contribution is -2.33. The summed E-state index contributed by atoms with van der Waals surface area (Å²) in [6.45, 7) is 7.07. The lowest BCUT2D eigenvalue weighted by atomic mass is 10.0. The number of amides is 1. The van der Waals surface area contributed by atoms with Crippen LogP contribution in [0.25, 0.3) is 11.0 Å². The number of carbonyl (C=O) groups excluding carboxylic acids is 1. The Kier molecular flexibility index (Phi) is 4.39. The number of aromatic nitrogens is 4. The maximum absolute atomic E-state index is 13.0. The summed E-state index contributed by atoms with van der Waals surface area (Å²) >= 11 is 0. The number of nitrogens with zero attached hydrogens (tertiary/aromatic N) is 5. The van der Waals surface area contributed by atoms with Gasteiger partial charge >= 0.3 is 0 Å². The smallest absolute Gasteiger partial charge is 0.274 e. The number of aromatic amines is 1. The Bertz CT molecular complexity index is 980. The van der Waals surface area contributed by atoms with E-state index in [4.69, 9.17) is 10.1 Å². The highest BCUT2D eigenvalue weighted by Gasteiger charge is 2.31. The van der Waals surface area contributed by atoms with Crippen molar-refractivity contribution in [3.63, 3.8) is 0 Å². The van der Waals surface area contributed by atoms with Crippen LogP contribution >= 0.6 is 0 Å². The Labute approximate surface area is 164 Å². The predicted octanol–water partition coefficient (Wildman–Crippen LogP) is 2.57. The lowest BCUT2D eigenvalue weighted by Gasteiger charge is -2.27. The molecule has 1 fully saturated rings. The maximum atomic E-state index is 13.0. The number of fused-ring (bicyclic) bond motifs is 2. The van der Waals surface area contributed by atoms with Gasteiger partial charge in [-0.05, 0) is 31.9 Å². The van der Waals surface area contributed by atoms with Crippen LogP contribution in [0.2, 0.25) is 0 Å². The highest BCUT2D eigenvalue weighted by molar-refractivity contribution is 5.94. The molecule has 0 atom stereocenters. The molecule has 5 rings (SSSR count). The van der Waals surface area contributed by atoms with Crippen LogP contribution in [-0.4, -0.2) is 55.1 Å². The van der Waals surface area contributed by atoms with Gasteiger partial charge in [-0.1, -0.05) is 12.1 Å². The number of aryl methyl sites for hydroxylation is 1. The Morgan fingerprint density at radius 1 is 1.18 bits per heavy atom. The van der Waals surface area contributed by atoms with Crippen LogP contribution in [-0.2, 0) is 26.1 Å². The Morgan fingerprint density at radius 3 is 2.79 bits per heavy atom. The number of imidazole rings is 1. The van der Waals surface area contributed by atoms with Crippen molar-refractivity contribution in [1.82, 2.24) is 29.5 Å². The third kappa shape index (κ3) is 2.99. The fourth-order valence-electron chi connectivity index (χ4n) is 4.48. The van der Waals surface area contributed by atoms with E-state index in [2.05, 4.69) is 22.9 Å². The zero-order chi connectivity index (χ0) is 19.1. The number of likely N-dealkylation sites (tertiary alicyclic amines) is 1. The van der Waals surface area contributed by atoms with Crippen molar-refractivity contribution in [2.45, 2.75) is 45.8 Å². The predicted molar refractivity (Wildman–Crippen MR) is 107 cm³/mol. The maximum Gasteiger partial charge on any atom is 0.274 e. The molecule has 2 aliphatic heterocycles. The molecule has 0 bridgehead atoms. The van der Waals surface area contributed by atoms with Crippen molar-refractivity contribution < 1.29 is 4.79 Å². The molecule has 28 heavy (non-hydrogen) atoms. The molecule has 7 nitrogen and oxygen atoms in total. The van der Waals surface area contributed by atoms with Gasteiger partial charge in [0, 0.05) is 50.4 Å². The van der Waals surface area contributed by atoms with Gasteiger partial charge in [-0.15, -0.1) is 0 Å². The van der Waals surface area contributed by atoms with Gasteiger partial charge in [-0.25, -0.2) is 4.98 Å². The average molecular weight is 378 g/mol. The van der Waals surface area contributed by atoms with Crippen molar-refractivity contribution in [2.24, 2.45) is 0 Å². The van der Waals surface area contributed by atoms with Crippen LogP contribution in [0.4, 0.5) is 0 Å². The molecule has 3 aromatic rings. The number of nitrogens with one attached hydrogen (secondary N) is 1. The van der Waals surface area contributed by atoms with Crippen molar-refractivity contribution in [3.05, 3.63) is 47.0 Å². The molecule has 0 saturated carbocycles. The largest absolute Gasteiger partial charge is 0.341 e. The third-order valence-corrected chi connectivity index (χ3v) is 5.92. The van der Waals surface area contributed by atoms with Crippen molar-refractivity contribution in [2.75, 3.05) is 19.6 Å². The zero-order valence-electron chi connectivity index (χ0n) is 16.3. The van der Waals surface area contributed by atoms with Gasteiger partial charge in [0.1, 0.15) is 5.82 Å². The first-order valence-corrected chi connectivity index (χ1v) is 10.3. The van der Waals surface area contributed by atoms with E-state index in [1.807, 2.05) is 27.8 Å². The van der Waals surface area contributed by atoms with Crippen LogP contribution in [0, 0.1) is 0 Å². The summed E-state index contributed by atoms with van der Waals surface area (Å²) in [6, 6.07) is 8.11. The summed E-state index contributed by atoms with van der Waals surface area (Å²) in [5.74, 6) is 1.08. The van der Waals surface area contributed by atoms with E-state index in [-0.39, 0.29) is 5.91 Å². The van der Waals surface area contributed by atoms with E-state index < -0.39 is 0 Å². The summed E-state index contributed by atoms with van der Waals surface area (Å²) in [7, 11) is 0. The topological polar surface area (TPSA) is 70.1 Å². The quantitative estimate of drug-likeness (QED) is 0.758. The van der Waals surface area contributed by atoms with Crippen molar-refractivity contribution in [1.29, 1.82) is 0 Å². The van der Waals surface area contributed by atoms with Gasteiger partial charge in [-0.2, -0.15) is 5.10 Å². The first-order chi connectivity index (χ1) is 13.7. The minimum absolute atomic E-state index is 0.103. The standard InChI is InChI=1S/C21H26N6O/c1-2-27-18-9-12-25(14-19-22-16-7-3-4-8-17(16)23-19)13-15(18)20(24-27)21(28)26-10-5-6-11-26/h3-4,7-8H,2,5-6,9-14H2,1H3,(H,22,23). The molecule has 0 radical (unpaired) electrons. The van der Waals surface area contributed by atoms with E-state index in [0.717, 1.165) is 81.0 Å². The monoisotopic (exact) mass is 378 g/mol. The fraction of sp³-hybridized carbons (Fsp3) is 0.476. The second-order valence-corrected chi connectivity index (χ2v) is 7.75. The van der Waals surface area contributed by atoms with Crippen LogP contribution in [0.5, 0.6) is 0 Å². The molecular formula is C21H26N6O. The van der Waals surface area contributed by atoms with E-state index in [1.165, 1.54) is 5.69 Å². The number of para-hydroxylation sites is 2. The molecule has 1 amide bonds. The van der Waals surface area contributed by atoms with Crippen molar-refractivity contribution in [3.8, 4) is 0 Å². The lowest BCUT2D eigenvalue weighted by molar-refractivity contribution is 0.0783. The molecule has 0 spiro atoms. The second-order valence-electron chi connectivity index (χ2n) is 7.75. The van der Waals surface area contributed by atoms with E-state index in [0.29, 0.717) is 5.69 Å². The van der Waals surface area contributed by atoms with Gasteiger partial charge in [0.05, 0.1) is 17.6 Å². The van der Waals surface area contributed by atoms with Gasteiger partial charge in [0.25, 0.3) is 5.91 Å².